The summed E-state index contributed by atoms with van der Waals surface area (Å²) in [6.45, 7) is 1.49. The van der Waals surface area contributed by atoms with Gasteiger partial charge in [-0.05, 0) is 60.2 Å². The highest BCUT2D eigenvalue weighted by Gasteiger charge is 2.51. The zero-order valence-electron chi connectivity index (χ0n) is 22.7. The summed E-state index contributed by atoms with van der Waals surface area (Å²) < 4.78 is 55.2. The van der Waals surface area contributed by atoms with Crippen LogP contribution in [0.1, 0.15) is 35.2 Å². The zero-order chi connectivity index (χ0) is 30.1. The first-order valence-corrected chi connectivity index (χ1v) is 13.1. The van der Waals surface area contributed by atoms with Crippen LogP contribution in [-0.2, 0) is 27.5 Å². The number of alkyl halides is 3. The van der Waals surface area contributed by atoms with E-state index in [0.717, 1.165) is 28.8 Å². The Balaban J connectivity index is 1.28. The first-order valence-electron chi connectivity index (χ1n) is 13.1. The number of aliphatic carboxylic acids is 1. The van der Waals surface area contributed by atoms with Gasteiger partial charge in [-0.25, -0.2) is 4.79 Å². The number of methoxy groups -OCH3 is 1. The fraction of sp³-hybridized carbons (Fsp3) is 0.258. The zero-order valence-corrected chi connectivity index (χ0v) is 22.7. The highest BCUT2D eigenvalue weighted by molar-refractivity contribution is 5.92. The summed E-state index contributed by atoms with van der Waals surface area (Å²) in [5, 5.41) is 16.1. The molecule has 1 fully saturated rings. The minimum atomic E-state index is -4.46. The van der Waals surface area contributed by atoms with Crippen molar-refractivity contribution in [1.82, 2.24) is 5.16 Å². The van der Waals surface area contributed by atoms with E-state index in [1.165, 1.54) is 19.2 Å². The molecule has 0 spiro atoms. The quantitative estimate of drug-likeness (QED) is 0.215. The van der Waals surface area contributed by atoms with E-state index < -0.39 is 29.2 Å². The number of benzene rings is 3. The van der Waals surface area contributed by atoms with Gasteiger partial charge in [0.2, 0.25) is 0 Å². The van der Waals surface area contributed by atoms with Crippen molar-refractivity contribution in [3.8, 4) is 28.2 Å². The Kier molecular flexibility index (Phi) is 7.68. The maximum absolute atomic E-state index is 13.0. The van der Waals surface area contributed by atoms with Gasteiger partial charge >= 0.3 is 18.2 Å². The van der Waals surface area contributed by atoms with Crippen LogP contribution < -0.4 is 10.1 Å². The molecule has 0 radical (unpaired) electrons. The Morgan fingerprint density at radius 1 is 1.05 bits per heavy atom. The molecule has 0 atom stereocenters. The number of halogens is 3. The van der Waals surface area contributed by atoms with Crippen molar-refractivity contribution in [3.63, 3.8) is 0 Å². The van der Waals surface area contributed by atoms with E-state index in [-0.39, 0.29) is 24.5 Å². The SMILES string of the molecule is COc1cc(-c2ccc(C3(C(=O)O)CC3)cc2)ccc1-c1onc(C)c1NC(=O)OCCc1cccc(C(F)(F)F)c1. The minimum Gasteiger partial charge on any atom is -0.496 e. The number of hydrogen-bond acceptors (Lipinski definition) is 6. The number of carboxylic acid groups (broad SMARTS) is 1. The van der Waals surface area contributed by atoms with E-state index in [1.807, 2.05) is 30.3 Å². The summed E-state index contributed by atoms with van der Waals surface area (Å²) in [7, 11) is 1.49. The van der Waals surface area contributed by atoms with Crippen LogP contribution in [-0.4, -0.2) is 36.0 Å². The number of amides is 1. The smallest absolute Gasteiger partial charge is 0.416 e. The Morgan fingerprint density at radius 3 is 2.40 bits per heavy atom. The van der Waals surface area contributed by atoms with Gasteiger partial charge in [0.15, 0.2) is 5.76 Å². The molecule has 1 aromatic heterocycles. The number of anilines is 1. The van der Waals surface area contributed by atoms with Crippen LogP contribution in [0.15, 0.2) is 71.3 Å². The summed E-state index contributed by atoms with van der Waals surface area (Å²) in [4.78, 5) is 24.2. The maximum atomic E-state index is 13.0. The Labute approximate surface area is 239 Å². The van der Waals surface area contributed by atoms with Gasteiger partial charge in [0, 0.05) is 6.42 Å². The third-order valence-electron chi connectivity index (χ3n) is 7.34. The van der Waals surface area contributed by atoms with Gasteiger partial charge in [-0.2, -0.15) is 13.2 Å². The Bertz CT molecular complexity index is 1620. The molecule has 0 saturated heterocycles. The van der Waals surface area contributed by atoms with Crippen molar-refractivity contribution in [1.29, 1.82) is 0 Å². The Morgan fingerprint density at radius 2 is 1.76 bits per heavy atom. The van der Waals surface area contributed by atoms with E-state index in [1.54, 1.807) is 19.1 Å². The average Bonchev–Trinajstić information content (AvgIpc) is 3.72. The lowest BCUT2D eigenvalue weighted by molar-refractivity contribution is -0.140. The minimum absolute atomic E-state index is 0.0976. The topological polar surface area (TPSA) is 111 Å². The molecule has 8 nitrogen and oxygen atoms in total. The largest absolute Gasteiger partial charge is 0.496 e. The molecule has 0 aliphatic heterocycles. The second kappa shape index (κ2) is 11.2. The van der Waals surface area contributed by atoms with Crippen LogP contribution in [0.5, 0.6) is 5.75 Å². The van der Waals surface area contributed by atoms with Crippen LogP contribution in [0, 0.1) is 6.92 Å². The number of carboxylic acids is 1. The molecule has 3 aromatic carbocycles. The molecule has 1 aliphatic carbocycles. The maximum Gasteiger partial charge on any atom is 0.416 e. The number of aryl methyl sites for hydroxylation is 1. The molecular weight excluding hydrogens is 553 g/mol. The van der Waals surface area contributed by atoms with E-state index in [2.05, 4.69) is 10.5 Å². The van der Waals surface area contributed by atoms with Gasteiger partial charge in [-0.3, -0.25) is 10.1 Å². The predicted molar refractivity (Wildman–Crippen MR) is 147 cm³/mol. The second-order valence-corrected chi connectivity index (χ2v) is 10.1. The van der Waals surface area contributed by atoms with Crippen LogP contribution in [0.25, 0.3) is 22.5 Å². The standard InChI is InChI=1S/C31H27F3N2O6/c1-18-26(35-29(39)41-15-12-19-4-3-5-23(16-19)31(32,33)34)27(42-36-18)24-11-8-21(17-25(24)40-2)20-6-9-22(10-7-20)30(13-14-30)28(37)38/h3-11,16-17H,12-15H2,1-2H3,(H,35,39)(H,37,38). The number of carbonyl (C=O) groups excluding carboxylic acids is 1. The van der Waals surface area contributed by atoms with Gasteiger partial charge in [-0.15, -0.1) is 0 Å². The molecule has 1 aliphatic rings. The van der Waals surface area contributed by atoms with Crippen molar-refractivity contribution in [2.75, 3.05) is 19.0 Å². The monoisotopic (exact) mass is 580 g/mol. The van der Waals surface area contributed by atoms with Gasteiger partial charge in [-0.1, -0.05) is 53.7 Å². The van der Waals surface area contributed by atoms with E-state index in [4.69, 9.17) is 14.0 Å². The molecule has 0 unspecified atom stereocenters. The molecule has 2 N–H and O–H groups in total. The van der Waals surface area contributed by atoms with Crippen LogP contribution >= 0.6 is 0 Å². The Hall–Kier alpha value is -4.80. The second-order valence-electron chi connectivity index (χ2n) is 10.1. The molecule has 42 heavy (non-hydrogen) atoms. The van der Waals surface area contributed by atoms with Crippen LogP contribution in [0.2, 0.25) is 0 Å². The molecule has 0 bridgehead atoms. The van der Waals surface area contributed by atoms with E-state index in [0.29, 0.717) is 35.4 Å². The summed E-state index contributed by atoms with van der Waals surface area (Å²) in [5.74, 6) is -0.135. The summed E-state index contributed by atoms with van der Waals surface area (Å²) in [6.07, 6.45) is -3.93. The molecule has 5 rings (SSSR count). The van der Waals surface area contributed by atoms with Gasteiger partial charge in [0.1, 0.15) is 17.1 Å². The number of nitrogens with zero attached hydrogens (tertiary/aromatic N) is 1. The number of aromatic nitrogens is 1. The van der Waals surface area contributed by atoms with Gasteiger partial charge in [0.25, 0.3) is 0 Å². The fourth-order valence-corrected chi connectivity index (χ4v) is 4.79. The van der Waals surface area contributed by atoms with Crippen molar-refractivity contribution in [2.45, 2.75) is 37.8 Å². The molecule has 11 heteroatoms. The molecule has 218 valence electrons. The highest BCUT2D eigenvalue weighted by Crippen LogP contribution is 2.49. The molecule has 1 saturated carbocycles. The molecule has 4 aromatic rings. The number of carbonyl (C=O) groups is 2. The van der Waals surface area contributed by atoms with Crippen molar-refractivity contribution in [3.05, 3.63) is 89.1 Å². The first-order chi connectivity index (χ1) is 20.0. The van der Waals surface area contributed by atoms with Crippen LogP contribution in [0.3, 0.4) is 0 Å². The summed E-state index contributed by atoms with van der Waals surface area (Å²) in [5.41, 5.74) is 2.45. The number of nitrogens with one attached hydrogen (secondary N) is 1. The van der Waals surface area contributed by atoms with Crippen molar-refractivity contribution in [2.24, 2.45) is 0 Å². The summed E-state index contributed by atoms with van der Waals surface area (Å²) in [6, 6.07) is 17.6. The lowest BCUT2D eigenvalue weighted by atomic mass is 9.93. The third-order valence-corrected chi connectivity index (χ3v) is 7.34. The molecule has 1 amide bonds. The average molecular weight is 581 g/mol. The molecule has 1 heterocycles. The van der Waals surface area contributed by atoms with Crippen molar-refractivity contribution >= 4 is 17.7 Å². The third kappa shape index (κ3) is 5.81. The molecular formula is C31H27F3N2O6. The number of rotatable bonds is 9. The van der Waals surface area contributed by atoms with Gasteiger partial charge < -0.3 is 19.1 Å². The van der Waals surface area contributed by atoms with E-state index in [9.17, 15) is 27.9 Å². The first kappa shape index (κ1) is 28.7. The fourth-order valence-electron chi connectivity index (χ4n) is 4.79. The van der Waals surface area contributed by atoms with Crippen molar-refractivity contribution < 1.29 is 41.9 Å². The van der Waals surface area contributed by atoms with E-state index >= 15 is 0 Å². The number of ether oxygens (including phenoxy) is 2. The van der Waals surface area contributed by atoms with Gasteiger partial charge in [0.05, 0.1) is 30.3 Å². The highest BCUT2D eigenvalue weighted by atomic mass is 19.4. The lowest BCUT2D eigenvalue weighted by Crippen LogP contribution is -2.19. The van der Waals surface area contributed by atoms with Crippen LogP contribution in [0.4, 0.5) is 23.7 Å². The number of hydrogen-bond donors (Lipinski definition) is 2. The lowest BCUT2D eigenvalue weighted by Gasteiger charge is -2.13. The normalized spacial score (nSPS) is 13.8. The predicted octanol–water partition coefficient (Wildman–Crippen LogP) is 7.25. The summed E-state index contributed by atoms with van der Waals surface area (Å²) >= 11 is 0.